The van der Waals surface area contributed by atoms with Crippen molar-refractivity contribution in [3.8, 4) is 5.75 Å². The molecule has 0 saturated carbocycles. The summed E-state index contributed by atoms with van der Waals surface area (Å²) < 4.78 is 5.30. The lowest BCUT2D eigenvalue weighted by Crippen LogP contribution is -2.18. The second kappa shape index (κ2) is 6.95. The van der Waals surface area contributed by atoms with E-state index in [1.807, 2.05) is 31.1 Å². The molecule has 1 N–H and O–H groups in total. The smallest absolute Gasteiger partial charge is 0.328 e. The molecule has 1 aromatic rings. The Morgan fingerprint density at radius 2 is 2.16 bits per heavy atom. The van der Waals surface area contributed by atoms with E-state index in [0.717, 1.165) is 23.3 Å². The van der Waals surface area contributed by atoms with Gasteiger partial charge in [0.2, 0.25) is 0 Å². The maximum atomic E-state index is 10.7. The summed E-state index contributed by atoms with van der Waals surface area (Å²) in [4.78, 5) is 12.6. The van der Waals surface area contributed by atoms with Crippen molar-refractivity contribution < 1.29 is 14.6 Å². The van der Waals surface area contributed by atoms with Crippen molar-refractivity contribution >= 4 is 5.97 Å². The molecular weight excluding hydrogens is 242 g/mol. The fourth-order valence-corrected chi connectivity index (χ4v) is 2.01. The lowest BCUT2D eigenvalue weighted by atomic mass is 10.0. The zero-order valence-corrected chi connectivity index (χ0v) is 11.9. The van der Waals surface area contributed by atoms with Crippen LogP contribution in [0.4, 0.5) is 0 Å². The van der Waals surface area contributed by atoms with Crippen LogP contribution < -0.4 is 4.74 Å². The van der Waals surface area contributed by atoms with Gasteiger partial charge >= 0.3 is 5.97 Å². The summed E-state index contributed by atoms with van der Waals surface area (Å²) in [5.74, 6) is -0.0675. The minimum Gasteiger partial charge on any atom is -0.496 e. The predicted octanol–water partition coefficient (Wildman–Crippen LogP) is 2.50. The quantitative estimate of drug-likeness (QED) is 0.801. The number of aliphatic carboxylic acids is 1. The molecule has 4 heteroatoms. The van der Waals surface area contributed by atoms with Gasteiger partial charge in [0.1, 0.15) is 5.75 Å². The summed E-state index contributed by atoms with van der Waals surface area (Å²) in [6, 6.07) is 5.90. The van der Waals surface area contributed by atoms with E-state index in [1.165, 1.54) is 6.08 Å². The highest BCUT2D eigenvalue weighted by atomic mass is 16.5. The molecule has 0 fully saturated rings. The molecule has 1 unspecified atom stereocenters. The number of aryl methyl sites for hydroxylation is 1. The Balaban J connectivity index is 3.13. The molecule has 0 bridgehead atoms. The molecule has 0 aliphatic heterocycles. The second-order valence-corrected chi connectivity index (χ2v) is 4.53. The minimum atomic E-state index is -0.934. The van der Waals surface area contributed by atoms with Crippen molar-refractivity contribution in [3.63, 3.8) is 0 Å². The van der Waals surface area contributed by atoms with Gasteiger partial charge in [-0.3, -0.25) is 4.90 Å². The van der Waals surface area contributed by atoms with Gasteiger partial charge in [0, 0.05) is 6.08 Å². The van der Waals surface area contributed by atoms with Crippen LogP contribution in [0.25, 0.3) is 0 Å². The Bertz CT molecular complexity index is 466. The summed E-state index contributed by atoms with van der Waals surface area (Å²) >= 11 is 0. The number of nitrogens with zero attached hydrogens (tertiary/aromatic N) is 1. The van der Waals surface area contributed by atoms with Crippen LogP contribution in [0.1, 0.15) is 24.1 Å². The van der Waals surface area contributed by atoms with Crippen molar-refractivity contribution in [2.75, 3.05) is 21.2 Å². The van der Waals surface area contributed by atoms with E-state index < -0.39 is 5.97 Å². The molecule has 0 aromatic heterocycles. The highest BCUT2D eigenvalue weighted by molar-refractivity contribution is 5.79. The Morgan fingerprint density at radius 1 is 1.47 bits per heavy atom. The lowest BCUT2D eigenvalue weighted by molar-refractivity contribution is -0.131. The number of carboxylic acids is 1. The maximum absolute atomic E-state index is 10.7. The Labute approximate surface area is 114 Å². The third kappa shape index (κ3) is 4.10. The average Bonchev–Trinajstić information content (AvgIpc) is 2.37. The monoisotopic (exact) mass is 263 g/mol. The van der Waals surface area contributed by atoms with Crippen LogP contribution in [-0.2, 0) is 11.2 Å². The third-order valence-corrected chi connectivity index (χ3v) is 3.00. The van der Waals surface area contributed by atoms with E-state index in [-0.39, 0.29) is 6.04 Å². The zero-order valence-electron chi connectivity index (χ0n) is 11.9. The fourth-order valence-electron chi connectivity index (χ4n) is 2.01. The zero-order chi connectivity index (χ0) is 14.4. The van der Waals surface area contributed by atoms with Crippen molar-refractivity contribution in [3.05, 3.63) is 41.5 Å². The minimum absolute atomic E-state index is 0.0627. The molecule has 0 radical (unpaired) electrons. The van der Waals surface area contributed by atoms with Gasteiger partial charge in [-0.1, -0.05) is 25.1 Å². The van der Waals surface area contributed by atoms with E-state index in [0.29, 0.717) is 0 Å². The first-order chi connectivity index (χ1) is 8.99. The molecular formula is C15H21NO3. The summed E-state index contributed by atoms with van der Waals surface area (Å²) in [6.07, 6.45) is 3.74. The van der Waals surface area contributed by atoms with Gasteiger partial charge in [-0.25, -0.2) is 4.79 Å². The molecule has 4 nitrogen and oxygen atoms in total. The topological polar surface area (TPSA) is 49.8 Å². The predicted molar refractivity (Wildman–Crippen MR) is 75.6 cm³/mol. The largest absolute Gasteiger partial charge is 0.496 e. The normalized spacial score (nSPS) is 12.9. The summed E-state index contributed by atoms with van der Waals surface area (Å²) in [5.41, 5.74) is 2.18. The number of likely N-dealkylation sites (N-methyl/N-ethyl adjacent to an activating group) is 1. The average molecular weight is 263 g/mol. The van der Waals surface area contributed by atoms with Gasteiger partial charge in [-0.15, -0.1) is 0 Å². The standard InChI is InChI=1S/C15H21NO3/c1-5-11-10-12(6-8-14(11)19-4)13(16(2)3)7-9-15(17)18/h6-10,13H,5H2,1-4H3,(H,17,18)/b9-7+. The van der Waals surface area contributed by atoms with Crippen molar-refractivity contribution in [2.24, 2.45) is 0 Å². The number of hydrogen-bond donors (Lipinski definition) is 1. The lowest BCUT2D eigenvalue weighted by Gasteiger charge is -2.22. The van der Waals surface area contributed by atoms with Gasteiger partial charge in [0.25, 0.3) is 0 Å². The molecule has 104 valence electrons. The molecule has 1 atom stereocenters. The van der Waals surface area contributed by atoms with E-state index in [9.17, 15) is 4.79 Å². The van der Waals surface area contributed by atoms with Gasteiger partial charge in [0.15, 0.2) is 0 Å². The Kier molecular flexibility index (Phi) is 5.57. The van der Waals surface area contributed by atoms with Crippen molar-refractivity contribution in [1.82, 2.24) is 4.90 Å². The van der Waals surface area contributed by atoms with Crippen molar-refractivity contribution in [1.29, 1.82) is 0 Å². The highest BCUT2D eigenvalue weighted by Crippen LogP contribution is 2.26. The first kappa shape index (κ1) is 15.2. The van der Waals surface area contributed by atoms with Crippen molar-refractivity contribution in [2.45, 2.75) is 19.4 Å². The number of hydrogen-bond acceptors (Lipinski definition) is 3. The first-order valence-electron chi connectivity index (χ1n) is 6.24. The molecule has 0 heterocycles. The van der Waals surface area contributed by atoms with Gasteiger partial charge in [0.05, 0.1) is 13.2 Å². The molecule has 0 amide bonds. The molecule has 19 heavy (non-hydrogen) atoms. The van der Waals surface area contributed by atoms with Crippen LogP contribution >= 0.6 is 0 Å². The summed E-state index contributed by atoms with van der Waals surface area (Å²) in [6.45, 7) is 2.07. The van der Waals surface area contributed by atoms with Crippen LogP contribution in [0.15, 0.2) is 30.4 Å². The number of ether oxygens (including phenoxy) is 1. The van der Waals surface area contributed by atoms with Crippen LogP contribution in [0, 0.1) is 0 Å². The number of benzene rings is 1. The summed E-state index contributed by atoms with van der Waals surface area (Å²) in [5, 5.41) is 8.75. The van der Waals surface area contributed by atoms with E-state index >= 15 is 0 Å². The number of rotatable bonds is 6. The molecule has 0 aliphatic carbocycles. The van der Waals surface area contributed by atoms with Gasteiger partial charge < -0.3 is 9.84 Å². The van der Waals surface area contributed by atoms with Crippen LogP contribution in [-0.4, -0.2) is 37.2 Å². The summed E-state index contributed by atoms with van der Waals surface area (Å²) in [7, 11) is 5.50. The number of carbonyl (C=O) groups is 1. The van der Waals surface area contributed by atoms with Gasteiger partial charge in [-0.05, 0) is 37.7 Å². The maximum Gasteiger partial charge on any atom is 0.328 e. The number of carboxylic acid groups (broad SMARTS) is 1. The van der Waals surface area contributed by atoms with Crippen LogP contribution in [0.3, 0.4) is 0 Å². The van der Waals surface area contributed by atoms with E-state index in [4.69, 9.17) is 9.84 Å². The molecule has 0 spiro atoms. The molecule has 1 rings (SSSR count). The van der Waals surface area contributed by atoms with Crippen LogP contribution in [0.2, 0.25) is 0 Å². The third-order valence-electron chi connectivity index (χ3n) is 3.00. The first-order valence-corrected chi connectivity index (χ1v) is 6.24. The molecule has 0 aliphatic rings. The molecule has 0 saturated heterocycles. The SMILES string of the molecule is CCc1cc(C(/C=C/C(=O)O)N(C)C)ccc1OC. The van der Waals surface area contributed by atoms with E-state index in [2.05, 4.69) is 13.0 Å². The second-order valence-electron chi connectivity index (χ2n) is 4.53. The van der Waals surface area contributed by atoms with E-state index in [1.54, 1.807) is 13.2 Å². The number of methoxy groups -OCH3 is 1. The Morgan fingerprint density at radius 3 is 2.63 bits per heavy atom. The Hall–Kier alpha value is -1.81. The fraction of sp³-hybridized carbons (Fsp3) is 0.400. The van der Waals surface area contributed by atoms with Crippen LogP contribution in [0.5, 0.6) is 5.75 Å². The molecule has 1 aromatic carbocycles. The highest BCUT2D eigenvalue weighted by Gasteiger charge is 2.13. The van der Waals surface area contributed by atoms with Gasteiger partial charge in [-0.2, -0.15) is 0 Å².